The summed E-state index contributed by atoms with van der Waals surface area (Å²) in [4.78, 5) is 19.8. The number of fused-ring (bicyclic) bond motifs is 1. The molecule has 0 amide bonds. The number of ether oxygens (including phenoxy) is 2. The van der Waals surface area contributed by atoms with E-state index in [1.807, 2.05) is 12.3 Å². The van der Waals surface area contributed by atoms with Gasteiger partial charge in [-0.05, 0) is 35.9 Å². The van der Waals surface area contributed by atoms with Gasteiger partial charge in [-0.15, -0.1) is 0 Å². The van der Waals surface area contributed by atoms with Gasteiger partial charge in [-0.2, -0.15) is 10.1 Å². The minimum absolute atomic E-state index is 0. The monoisotopic (exact) mass is 431 g/mol. The molecule has 3 heterocycles. The van der Waals surface area contributed by atoms with Crippen LogP contribution in [0.2, 0.25) is 0 Å². The molecular weight excluding hydrogens is 413 g/mol. The van der Waals surface area contributed by atoms with Gasteiger partial charge in [-0.1, -0.05) is 12.1 Å². The van der Waals surface area contributed by atoms with Crippen molar-refractivity contribution in [3.63, 3.8) is 0 Å². The zero-order chi connectivity index (χ0) is 20.4. The molecule has 0 fully saturated rings. The average Bonchev–Trinajstić information content (AvgIpc) is 3.22. The zero-order valence-corrected chi connectivity index (χ0v) is 15.7. The third-order valence-corrected chi connectivity index (χ3v) is 4.34. The van der Waals surface area contributed by atoms with Crippen molar-refractivity contribution in [2.45, 2.75) is 0 Å². The summed E-state index contributed by atoms with van der Waals surface area (Å²) >= 11 is 0. The summed E-state index contributed by atoms with van der Waals surface area (Å²) in [5, 5.41) is 16.5. The molecule has 3 aromatic heterocycles. The molecule has 9 nitrogen and oxygen atoms in total. The van der Waals surface area contributed by atoms with Crippen LogP contribution in [-0.4, -0.2) is 96.3 Å². The second kappa shape index (κ2) is 9.54. The van der Waals surface area contributed by atoms with Crippen molar-refractivity contribution in [2.75, 3.05) is 19.5 Å². The summed E-state index contributed by atoms with van der Waals surface area (Å²) in [7, 11) is 3.07. The Bertz CT molecular complexity index is 1190. The summed E-state index contributed by atoms with van der Waals surface area (Å²) in [5.74, 6) is 0.462. The molecule has 148 valence electrons. The summed E-state index contributed by atoms with van der Waals surface area (Å²) in [6.45, 7) is 0. The number of anilines is 2. The van der Waals surface area contributed by atoms with Crippen LogP contribution in [-0.2, 0) is 0 Å². The van der Waals surface area contributed by atoms with Gasteiger partial charge < -0.3 is 19.9 Å². The molecule has 0 spiro atoms. The van der Waals surface area contributed by atoms with E-state index in [0.29, 0.717) is 28.8 Å². The molecule has 0 aliphatic carbocycles. The standard InChI is InChI=1S/C20H17N5O4.K.H/c1-28-16-7-8-17(24-19(16)29-2)23-15-9-14(10-25-18(15)21-11-22-25)12-3-5-13(6-4-12)20(26)27;;/h3-11H,1-2H3,(H,23,24)(H,26,27);;. The molecule has 0 radical (unpaired) electrons. The second-order valence-electron chi connectivity index (χ2n) is 6.09. The fourth-order valence-electron chi connectivity index (χ4n) is 2.92. The Hall–Kier alpha value is -2.50. The first kappa shape index (κ1) is 22.2. The van der Waals surface area contributed by atoms with Gasteiger partial charge in [0.05, 0.1) is 25.5 Å². The maximum absolute atomic E-state index is 11.1. The fraction of sp³-hybridized carbons (Fsp3) is 0.100. The van der Waals surface area contributed by atoms with Crippen LogP contribution >= 0.6 is 0 Å². The van der Waals surface area contributed by atoms with Gasteiger partial charge in [0, 0.05) is 11.8 Å². The normalized spacial score (nSPS) is 10.3. The number of carbonyl (C=O) groups is 1. The van der Waals surface area contributed by atoms with Gasteiger partial charge >= 0.3 is 57.4 Å². The van der Waals surface area contributed by atoms with Crippen molar-refractivity contribution in [2.24, 2.45) is 0 Å². The quantitative estimate of drug-likeness (QED) is 0.448. The number of benzene rings is 1. The first-order valence-corrected chi connectivity index (χ1v) is 8.62. The third kappa shape index (κ3) is 4.47. The van der Waals surface area contributed by atoms with E-state index in [4.69, 9.17) is 14.6 Å². The number of carboxylic acids is 1. The van der Waals surface area contributed by atoms with Crippen LogP contribution in [0.25, 0.3) is 16.8 Å². The van der Waals surface area contributed by atoms with Crippen LogP contribution in [0, 0.1) is 0 Å². The Balaban J connectivity index is 0.00000256. The number of aromatic nitrogens is 4. The molecule has 0 bridgehead atoms. The molecular formula is C20H18KN5O4. The van der Waals surface area contributed by atoms with Crippen molar-refractivity contribution in [1.29, 1.82) is 0 Å². The summed E-state index contributed by atoms with van der Waals surface area (Å²) in [6.07, 6.45) is 3.28. The Morgan fingerprint density at radius 2 is 1.83 bits per heavy atom. The molecule has 1 aromatic carbocycles. The van der Waals surface area contributed by atoms with Crippen LogP contribution in [0.15, 0.2) is 55.0 Å². The maximum atomic E-state index is 11.1. The van der Waals surface area contributed by atoms with Crippen molar-refractivity contribution in [3.8, 4) is 22.8 Å². The molecule has 0 unspecified atom stereocenters. The predicted octanol–water partition coefficient (Wildman–Crippen LogP) is 2.60. The van der Waals surface area contributed by atoms with Crippen molar-refractivity contribution in [1.82, 2.24) is 19.6 Å². The Kier molecular flexibility index (Phi) is 7.05. The molecule has 10 heteroatoms. The van der Waals surface area contributed by atoms with Gasteiger partial charge in [-0.25, -0.2) is 14.3 Å². The Morgan fingerprint density at radius 3 is 2.50 bits per heavy atom. The van der Waals surface area contributed by atoms with Crippen LogP contribution < -0.4 is 14.8 Å². The topological polar surface area (TPSA) is 111 Å². The van der Waals surface area contributed by atoms with E-state index >= 15 is 0 Å². The van der Waals surface area contributed by atoms with E-state index in [0.717, 1.165) is 11.1 Å². The molecule has 4 rings (SSSR count). The van der Waals surface area contributed by atoms with Gasteiger partial charge in [-0.3, -0.25) is 0 Å². The predicted molar refractivity (Wildman–Crippen MR) is 113 cm³/mol. The zero-order valence-electron chi connectivity index (χ0n) is 15.7. The molecule has 2 N–H and O–H groups in total. The molecule has 0 atom stereocenters. The first-order chi connectivity index (χ1) is 14.1. The van der Waals surface area contributed by atoms with Gasteiger partial charge in [0.15, 0.2) is 11.4 Å². The number of hydrogen-bond donors (Lipinski definition) is 2. The number of rotatable bonds is 6. The summed E-state index contributed by atoms with van der Waals surface area (Å²) in [5.41, 5.74) is 3.21. The van der Waals surface area contributed by atoms with E-state index in [2.05, 4.69) is 20.4 Å². The fourth-order valence-corrected chi connectivity index (χ4v) is 2.92. The van der Waals surface area contributed by atoms with Crippen LogP contribution in [0.5, 0.6) is 11.6 Å². The number of pyridine rings is 2. The van der Waals surface area contributed by atoms with E-state index < -0.39 is 5.97 Å². The minimum atomic E-state index is -0.967. The average molecular weight is 431 g/mol. The van der Waals surface area contributed by atoms with Crippen molar-refractivity contribution in [3.05, 3.63) is 60.6 Å². The first-order valence-electron chi connectivity index (χ1n) is 8.62. The van der Waals surface area contributed by atoms with Gasteiger partial charge in [0.2, 0.25) is 0 Å². The molecule has 0 saturated carbocycles. The number of carboxylic acid groups (broad SMARTS) is 1. The SMILES string of the molecule is COc1ccc(Nc2cc(-c3ccc(C(=O)O)cc3)cn3ncnc23)nc1OC.[KH]. The number of nitrogens with one attached hydrogen (secondary N) is 1. The molecule has 4 aromatic rings. The van der Waals surface area contributed by atoms with Crippen LogP contribution in [0.4, 0.5) is 11.5 Å². The Labute approximate surface area is 214 Å². The van der Waals surface area contributed by atoms with E-state index in [9.17, 15) is 4.79 Å². The number of nitrogens with zero attached hydrogens (tertiary/aromatic N) is 4. The van der Waals surface area contributed by atoms with E-state index in [1.54, 1.807) is 48.0 Å². The molecule has 0 aliphatic rings. The number of aromatic carboxylic acids is 1. The Morgan fingerprint density at radius 1 is 1.07 bits per heavy atom. The van der Waals surface area contributed by atoms with E-state index in [1.165, 1.54) is 13.4 Å². The third-order valence-electron chi connectivity index (χ3n) is 4.34. The van der Waals surface area contributed by atoms with Crippen molar-refractivity contribution >= 4 is 74.5 Å². The van der Waals surface area contributed by atoms with E-state index in [-0.39, 0.29) is 56.9 Å². The number of methoxy groups -OCH3 is 2. The van der Waals surface area contributed by atoms with Gasteiger partial charge in [0.25, 0.3) is 5.88 Å². The molecule has 0 saturated heterocycles. The second-order valence-corrected chi connectivity index (χ2v) is 6.09. The summed E-state index contributed by atoms with van der Waals surface area (Å²) < 4.78 is 12.1. The summed E-state index contributed by atoms with van der Waals surface area (Å²) in [6, 6.07) is 12.0. The molecule has 0 aliphatic heterocycles. The van der Waals surface area contributed by atoms with Gasteiger partial charge in [0.1, 0.15) is 12.1 Å². The van der Waals surface area contributed by atoms with Crippen LogP contribution in [0.3, 0.4) is 0 Å². The van der Waals surface area contributed by atoms with Crippen molar-refractivity contribution < 1.29 is 19.4 Å². The number of hydrogen-bond acceptors (Lipinski definition) is 7. The van der Waals surface area contributed by atoms with Crippen LogP contribution in [0.1, 0.15) is 10.4 Å². The molecule has 30 heavy (non-hydrogen) atoms.